The number of carboxylic acids is 1. The summed E-state index contributed by atoms with van der Waals surface area (Å²) in [5.41, 5.74) is 1.56. The number of nitrogens with zero attached hydrogens (tertiary/aromatic N) is 1. The summed E-state index contributed by atoms with van der Waals surface area (Å²) in [4.78, 5) is 25.4. The number of amides is 1. The third-order valence-corrected chi connectivity index (χ3v) is 4.34. The molecule has 1 heterocycles. The topological polar surface area (TPSA) is 78.9 Å². The van der Waals surface area contributed by atoms with Gasteiger partial charge in [0.1, 0.15) is 5.75 Å². The summed E-state index contributed by atoms with van der Waals surface area (Å²) in [5, 5.41) is 12.2. The number of likely N-dealkylation sites (tertiary alicyclic amines) is 1. The van der Waals surface area contributed by atoms with Crippen LogP contribution in [-0.4, -0.2) is 41.6 Å². The second-order valence-electron chi connectivity index (χ2n) is 6.15. The van der Waals surface area contributed by atoms with E-state index in [1.807, 2.05) is 0 Å². The SMILES string of the molecule is O=C(O)C1CCN(C(=O)c2ccccc2Nc2ccc(OC(F)F)cc2)C1. The van der Waals surface area contributed by atoms with Crippen LogP contribution in [0.2, 0.25) is 0 Å². The van der Waals surface area contributed by atoms with Gasteiger partial charge in [0.2, 0.25) is 0 Å². The molecule has 1 aliphatic rings. The van der Waals surface area contributed by atoms with Crippen LogP contribution in [-0.2, 0) is 4.79 Å². The Morgan fingerprint density at radius 2 is 1.85 bits per heavy atom. The van der Waals surface area contributed by atoms with Crippen molar-refractivity contribution in [3.8, 4) is 5.75 Å². The molecule has 3 rings (SSSR count). The Balaban J connectivity index is 1.74. The van der Waals surface area contributed by atoms with E-state index in [4.69, 9.17) is 5.11 Å². The van der Waals surface area contributed by atoms with Crippen molar-refractivity contribution < 1.29 is 28.2 Å². The summed E-state index contributed by atoms with van der Waals surface area (Å²) in [7, 11) is 0. The summed E-state index contributed by atoms with van der Waals surface area (Å²) in [6.07, 6.45) is 0.433. The molecule has 6 nitrogen and oxygen atoms in total. The van der Waals surface area contributed by atoms with Crippen LogP contribution in [0.15, 0.2) is 48.5 Å². The summed E-state index contributed by atoms with van der Waals surface area (Å²) in [6, 6.07) is 12.8. The molecule has 2 aromatic rings. The minimum absolute atomic E-state index is 0.0386. The van der Waals surface area contributed by atoms with Crippen molar-refractivity contribution in [2.24, 2.45) is 5.92 Å². The van der Waals surface area contributed by atoms with E-state index in [1.54, 1.807) is 36.4 Å². The molecule has 0 aliphatic carbocycles. The number of nitrogens with one attached hydrogen (secondary N) is 1. The second kappa shape index (κ2) is 8.03. The van der Waals surface area contributed by atoms with Gasteiger partial charge in [-0.25, -0.2) is 0 Å². The zero-order valence-electron chi connectivity index (χ0n) is 14.3. The maximum absolute atomic E-state index is 12.8. The molecule has 1 atom stereocenters. The lowest BCUT2D eigenvalue weighted by atomic mass is 10.1. The van der Waals surface area contributed by atoms with Crippen LogP contribution in [0, 0.1) is 5.92 Å². The van der Waals surface area contributed by atoms with Gasteiger partial charge < -0.3 is 20.1 Å². The van der Waals surface area contributed by atoms with Gasteiger partial charge in [-0.3, -0.25) is 9.59 Å². The predicted molar refractivity (Wildman–Crippen MR) is 94.4 cm³/mol. The van der Waals surface area contributed by atoms with Crippen LogP contribution in [0.5, 0.6) is 5.75 Å². The van der Waals surface area contributed by atoms with Crippen LogP contribution in [0.1, 0.15) is 16.8 Å². The first kappa shape index (κ1) is 18.6. The Hall–Kier alpha value is -3.16. The Labute approximate surface area is 154 Å². The molecule has 1 amide bonds. The minimum atomic E-state index is -2.89. The fourth-order valence-electron chi connectivity index (χ4n) is 2.97. The van der Waals surface area contributed by atoms with Gasteiger partial charge in [0.25, 0.3) is 5.91 Å². The van der Waals surface area contributed by atoms with E-state index >= 15 is 0 Å². The number of hydrogen-bond donors (Lipinski definition) is 2. The number of benzene rings is 2. The maximum Gasteiger partial charge on any atom is 0.387 e. The number of alkyl halides is 2. The minimum Gasteiger partial charge on any atom is -0.481 e. The first-order chi connectivity index (χ1) is 12.9. The Bertz CT molecular complexity index is 827. The number of carboxylic acid groups (broad SMARTS) is 1. The Morgan fingerprint density at radius 3 is 2.48 bits per heavy atom. The van der Waals surface area contributed by atoms with Gasteiger partial charge in [-0.2, -0.15) is 8.78 Å². The molecule has 0 spiro atoms. The summed E-state index contributed by atoms with van der Waals surface area (Å²) >= 11 is 0. The Kier molecular flexibility index (Phi) is 5.54. The van der Waals surface area contributed by atoms with Crippen LogP contribution < -0.4 is 10.1 Å². The quantitative estimate of drug-likeness (QED) is 0.806. The Morgan fingerprint density at radius 1 is 1.15 bits per heavy atom. The van der Waals surface area contributed by atoms with Gasteiger partial charge in [0, 0.05) is 18.8 Å². The summed E-state index contributed by atoms with van der Waals surface area (Å²) in [5.74, 6) is -1.66. The third kappa shape index (κ3) is 4.52. The van der Waals surface area contributed by atoms with Gasteiger partial charge in [-0.1, -0.05) is 12.1 Å². The molecule has 1 unspecified atom stereocenters. The van der Waals surface area contributed by atoms with Crippen molar-refractivity contribution in [3.05, 3.63) is 54.1 Å². The highest BCUT2D eigenvalue weighted by atomic mass is 19.3. The molecule has 0 aromatic heterocycles. The fourth-order valence-corrected chi connectivity index (χ4v) is 2.97. The number of carbonyl (C=O) groups excluding carboxylic acids is 1. The van der Waals surface area contributed by atoms with Crippen LogP contribution in [0.4, 0.5) is 20.2 Å². The molecule has 27 heavy (non-hydrogen) atoms. The molecular formula is C19H18F2N2O4. The van der Waals surface area contributed by atoms with Gasteiger partial charge in [0.15, 0.2) is 0 Å². The molecule has 142 valence electrons. The van der Waals surface area contributed by atoms with Crippen molar-refractivity contribution in [3.63, 3.8) is 0 Å². The van der Waals surface area contributed by atoms with E-state index in [1.165, 1.54) is 17.0 Å². The van der Waals surface area contributed by atoms with Gasteiger partial charge in [-0.15, -0.1) is 0 Å². The second-order valence-corrected chi connectivity index (χ2v) is 6.15. The van der Waals surface area contributed by atoms with E-state index in [2.05, 4.69) is 10.1 Å². The van der Waals surface area contributed by atoms with E-state index in [0.29, 0.717) is 29.9 Å². The number of ether oxygens (including phenoxy) is 1. The van der Waals surface area contributed by atoms with E-state index in [9.17, 15) is 18.4 Å². The molecule has 0 bridgehead atoms. The van der Waals surface area contributed by atoms with Crippen molar-refractivity contribution in [1.82, 2.24) is 4.90 Å². The smallest absolute Gasteiger partial charge is 0.387 e. The van der Waals surface area contributed by atoms with E-state index < -0.39 is 18.5 Å². The lowest BCUT2D eigenvalue weighted by molar-refractivity contribution is -0.141. The van der Waals surface area contributed by atoms with Crippen molar-refractivity contribution >= 4 is 23.3 Å². The predicted octanol–water partition coefficient (Wildman–Crippen LogP) is 3.58. The standard InChI is InChI=1S/C19H18F2N2O4/c20-19(21)27-14-7-5-13(6-8-14)22-16-4-2-1-3-15(16)17(24)23-10-9-12(11-23)18(25)26/h1-8,12,19,22H,9-11H2,(H,25,26). The first-order valence-corrected chi connectivity index (χ1v) is 8.37. The largest absolute Gasteiger partial charge is 0.481 e. The zero-order valence-corrected chi connectivity index (χ0v) is 14.3. The van der Waals surface area contributed by atoms with Crippen LogP contribution in [0.3, 0.4) is 0 Å². The van der Waals surface area contributed by atoms with Crippen molar-refractivity contribution in [2.75, 3.05) is 18.4 Å². The molecule has 1 saturated heterocycles. The van der Waals surface area contributed by atoms with Crippen molar-refractivity contribution in [1.29, 1.82) is 0 Å². The monoisotopic (exact) mass is 376 g/mol. The average molecular weight is 376 g/mol. The first-order valence-electron chi connectivity index (χ1n) is 8.37. The third-order valence-electron chi connectivity index (χ3n) is 4.34. The number of aliphatic carboxylic acids is 1. The highest BCUT2D eigenvalue weighted by Crippen LogP contribution is 2.26. The molecule has 2 aromatic carbocycles. The van der Waals surface area contributed by atoms with E-state index in [0.717, 1.165) is 0 Å². The molecule has 0 saturated carbocycles. The molecular weight excluding hydrogens is 358 g/mol. The van der Waals surface area contributed by atoms with Gasteiger partial charge >= 0.3 is 12.6 Å². The lowest BCUT2D eigenvalue weighted by Gasteiger charge is -2.19. The molecule has 0 radical (unpaired) electrons. The maximum atomic E-state index is 12.8. The van der Waals surface area contributed by atoms with Crippen LogP contribution >= 0.6 is 0 Å². The molecule has 2 N–H and O–H groups in total. The number of rotatable bonds is 6. The van der Waals surface area contributed by atoms with Crippen LogP contribution in [0.25, 0.3) is 0 Å². The van der Waals surface area contributed by atoms with Crippen molar-refractivity contribution in [2.45, 2.75) is 13.0 Å². The lowest BCUT2D eigenvalue weighted by Crippen LogP contribution is -2.30. The van der Waals surface area contributed by atoms with Gasteiger partial charge in [-0.05, 0) is 42.8 Å². The summed E-state index contributed by atoms with van der Waals surface area (Å²) < 4.78 is 28.7. The highest BCUT2D eigenvalue weighted by molar-refractivity contribution is 6.00. The molecule has 1 fully saturated rings. The normalized spacial score (nSPS) is 16.4. The fraction of sp³-hybridized carbons (Fsp3) is 0.263. The zero-order chi connectivity index (χ0) is 19.4. The summed E-state index contributed by atoms with van der Waals surface area (Å²) in [6.45, 7) is -2.32. The number of carbonyl (C=O) groups is 2. The number of para-hydroxylation sites is 1. The van der Waals surface area contributed by atoms with Gasteiger partial charge in [0.05, 0.1) is 17.2 Å². The van der Waals surface area contributed by atoms with E-state index in [-0.39, 0.29) is 18.2 Å². The number of halogens is 2. The highest BCUT2D eigenvalue weighted by Gasteiger charge is 2.32. The molecule has 1 aliphatic heterocycles. The number of hydrogen-bond acceptors (Lipinski definition) is 4. The average Bonchev–Trinajstić information content (AvgIpc) is 3.13. The number of anilines is 2. The molecule has 8 heteroatoms.